The molecule has 2 heterocycles. The lowest BCUT2D eigenvalue weighted by molar-refractivity contribution is -0.113. The second-order valence-corrected chi connectivity index (χ2v) is 8.02. The summed E-state index contributed by atoms with van der Waals surface area (Å²) < 4.78 is 7.17. The zero-order chi connectivity index (χ0) is 19.9. The maximum atomic E-state index is 12.1. The molecule has 0 unspecified atom stereocenters. The third kappa shape index (κ3) is 5.23. The number of nitrogens with one attached hydrogen (secondary N) is 2. The lowest BCUT2D eigenvalue weighted by atomic mass is 10.3. The number of carbonyl (C=O) groups excluding carboxylic acids is 1. The fourth-order valence-corrected chi connectivity index (χ4v) is 3.96. The Kier molecular flexibility index (Phi) is 6.88. The molecule has 0 saturated carbocycles. The molecule has 2 N–H and O–H groups in total. The Morgan fingerprint density at radius 3 is 2.71 bits per heavy atom. The van der Waals surface area contributed by atoms with Crippen LogP contribution in [-0.4, -0.2) is 38.5 Å². The van der Waals surface area contributed by atoms with Crippen LogP contribution in [0, 0.1) is 6.92 Å². The number of hydrogen-bond donors (Lipinski definition) is 2. The van der Waals surface area contributed by atoms with Crippen LogP contribution in [0.3, 0.4) is 0 Å². The molecule has 0 radical (unpaired) electrons. The number of hydrogen-bond acceptors (Lipinski definition) is 8. The van der Waals surface area contributed by atoms with Crippen molar-refractivity contribution >= 4 is 39.8 Å². The van der Waals surface area contributed by atoms with Gasteiger partial charge in [-0.3, -0.25) is 4.79 Å². The van der Waals surface area contributed by atoms with Crippen molar-refractivity contribution < 1.29 is 9.53 Å². The van der Waals surface area contributed by atoms with Gasteiger partial charge in [0.15, 0.2) is 16.1 Å². The number of aromatic nitrogens is 4. The van der Waals surface area contributed by atoms with E-state index in [1.54, 1.807) is 13.3 Å². The first-order chi connectivity index (χ1) is 13.6. The first kappa shape index (κ1) is 20.2. The molecule has 2 aromatic heterocycles. The molecule has 28 heavy (non-hydrogen) atoms. The summed E-state index contributed by atoms with van der Waals surface area (Å²) in [5, 5.41) is 16.0. The molecule has 0 bridgehead atoms. The van der Waals surface area contributed by atoms with Crippen LogP contribution < -0.4 is 15.4 Å². The zero-order valence-corrected chi connectivity index (χ0v) is 17.6. The van der Waals surface area contributed by atoms with E-state index in [0.29, 0.717) is 11.7 Å². The van der Waals surface area contributed by atoms with E-state index in [2.05, 4.69) is 25.8 Å². The number of aryl methyl sites for hydroxylation is 1. The van der Waals surface area contributed by atoms with Crippen molar-refractivity contribution in [3.05, 3.63) is 41.2 Å². The maximum absolute atomic E-state index is 12.1. The molecule has 0 saturated heterocycles. The zero-order valence-electron chi connectivity index (χ0n) is 15.9. The van der Waals surface area contributed by atoms with Crippen LogP contribution in [0.15, 0.2) is 35.6 Å². The fraction of sp³-hybridized carbons (Fsp3) is 0.333. The number of carbonyl (C=O) groups is 1. The average molecular weight is 419 g/mol. The Balaban J connectivity index is 1.55. The molecule has 8 nitrogen and oxygen atoms in total. The minimum atomic E-state index is -0.108. The largest absolute Gasteiger partial charge is 0.497 e. The van der Waals surface area contributed by atoms with Gasteiger partial charge in [-0.2, -0.15) is 0 Å². The number of ether oxygens (including phenoxy) is 1. The molecule has 0 aliphatic heterocycles. The summed E-state index contributed by atoms with van der Waals surface area (Å²) in [6.07, 6.45) is 1.74. The number of anilines is 2. The smallest absolute Gasteiger partial charge is 0.236 e. The summed E-state index contributed by atoms with van der Waals surface area (Å²) >= 11 is 2.82. The molecule has 148 valence electrons. The van der Waals surface area contributed by atoms with E-state index in [9.17, 15) is 4.79 Å². The predicted molar refractivity (Wildman–Crippen MR) is 112 cm³/mol. The molecule has 10 heteroatoms. The summed E-state index contributed by atoms with van der Waals surface area (Å²) in [6, 6.07) is 7.70. The van der Waals surface area contributed by atoms with Gasteiger partial charge in [-0.05, 0) is 38.1 Å². The average Bonchev–Trinajstić information content (AvgIpc) is 3.30. The second kappa shape index (κ2) is 9.56. The number of benzene rings is 1. The van der Waals surface area contributed by atoms with Crippen molar-refractivity contribution in [1.29, 1.82) is 0 Å². The normalized spacial score (nSPS) is 10.7. The van der Waals surface area contributed by atoms with Gasteiger partial charge in [0.25, 0.3) is 0 Å². The Labute approximate surface area is 171 Å². The summed E-state index contributed by atoms with van der Waals surface area (Å²) in [6.45, 7) is 5.25. The van der Waals surface area contributed by atoms with E-state index < -0.39 is 0 Å². The van der Waals surface area contributed by atoms with E-state index in [0.717, 1.165) is 33.8 Å². The molecule has 1 amide bonds. The minimum absolute atomic E-state index is 0.108. The molecule has 0 aliphatic carbocycles. The van der Waals surface area contributed by atoms with E-state index in [1.807, 2.05) is 42.7 Å². The third-order valence-electron chi connectivity index (χ3n) is 3.85. The van der Waals surface area contributed by atoms with Gasteiger partial charge in [-0.1, -0.05) is 11.8 Å². The molecule has 0 fully saturated rings. The van der Waals surface area contributed by atoms with Gasteiger partial charge in [-0.15, -0.1) is 21.5 Å². The van der Waals surface area contributed by atoms with Crippen LogP contribution in [0.2, 0.25) is 0 Å². The summed E-state index contributed by atoms with van der Waals surface area (Å²) in [5.41, 5.74) is 0.971. The topological polar surface area (TPSA) is 94.0 Å². The van der Waals surface area contributed by atoms with Crippen molar-refractivity contribution in [2.24, 2.45) is 0 Å². The van der Waals surface area contributed by atoms with Gasteiger partial charge in [0, 0.05) is 23.3 Å². The minimum Gasteiger partial charge on any atom is -0.497 e. The van der Waals surface area contributed by atoms with Crippen LogP contribution in [-0.2, 0) is 17.9 Å². The number of methoxy groups -OCH3 is 1. The van der Waals surface area contributed by atoms with Gasteiger partial charge >= 0.3 is 0 Å². The highest BCUT2D eigenvalue weighted by molar-refractivity contribution is 7.99. The van der Waals surface area contributed by atoms with Crippen molar-refractivity contribution in [3.8, 4) is 5.75 Å². The molecule has 1 aromatic carbocycles. The monoisotopic (exact) mass is 418 g/mol. The Morgan fingerprint density at radius 1 is 1.29 bits per heavy atom. The molecule has 3 rings (SSSR count). The van der Waals surface area contributed by atoms with E-state index >= 15 is 0 Å². The number of amides is 1. The highest BCUT2D eigenvalue weighted by atomic mass is 32.2. The number of thioether (sulfide) groups is 1. The lowest BCUT2D eigenvalue weighted by Crippen LogP contribution is -2.14. The quantitative estimate of drug-likeness (QED) is 0.514. The molecular formula is C18H22N6O2S2. The highest BCUT2D eigenvalue weighted by Crippen LogP contribution is 2.21. The maximum Gasteiger partial charge on any atom is 0.236 e. The van der Waals surface area contributed by atoms with Gasteiger partial charge in [0.1, 0.15) is 5.75 Å². The van der Waals surface area contributed by atoms with Gasteiger partial charge in [-0.25, -0.2) is 4.98 Å². The van der Waals surface area contributed by atoms with Crippen LogP contribution >= 0.6 is 23.1 Å². The summed E-state index contributed by atoms with van der Waals surface area (Å²) in [4.78, 5) is 17.3. The number of rotatable bonds is 9. The van der Waals surface area contributed by atoms with Crippen LogP contribution in [0.25, 0.3) is 0 Å². The van der Waals surface area contributed by atoms with E-state index in [-0.39, 0.29) is 11.7 Å². The van der Waals surface area contributed by atoms with Gasteiger partial charge < -0.3 is 19.9 Å². The van der Waals surface area contributed by atoms with E-state index in [1.165, 1.54) is 23.1 Å². The Morgan fingerprint density at radius 2 is 2.07 bits per heavy atom. The summed E-state index contributed by atoms with van der Waals surface area (Å²) in [7, 11) is 1.64. The number of thiazole rings is 1. The lowest BCUT2D eigenvalue weighted by Gasteiger charge is -2.09. The molecule has 0 spiro atoms. The molecular weight excluding hydrogens is 396 g/mol. The fourth-order valence-electron chi connectivity index (χ4n) is 2.46. The SMILES string of the molecule is CCn1c(CNc2ccc(OC)cc2)nnc1SCC(=O)Nc1ncc(C)s1. The second-order valence-electron chi connectivity index (χ2n) is 5.84. The first-order valence-corrected chi connectivity index (χ1v) is 10.5. The van der Waals surface area contributed by atoms with Gasteiger partial charge in [0.05, 0.1) is 19.4 Å². The highest BCUT2D eigenvalue weighted by Gasteiger charge is 2.14. The van der Waals surface area contributed by atoms with Crippen molar-refractivity contribution in [2.75, 3.05) is 23.5 Å². The van der Waals surface area contributed by atoms with Crippen LogP contribution in [0.4, 0.5) is 10.8 Å². The van der Waals surface area contributed by atoms with Crippen LogP contribution in [0.5, 0.6) is 5.75 Å². The number of nitrogens with zero attached hydrogens (tertiary/aromatic N) is 4. The standard InChI is InChI=1S/C18H22N6O2S2/c1-4-24-15(10-19-13-5-7-14(26-3)8-6-13)22-23-18(24)27-11-16(25)21-17-20-9-12(2)28-17/h5-9,19H,4,10-11H2,1-3H3,(H,20,21,25). The molecule has 3 aromatic rings. The van der Waals surface area contributed by atoms with Crippen molar-refractivity contribution in [1.82, 2.24) is 19.7 Å². The predicted octanol–water partition coefficient (Wildman–Crippen LogP) is 3.41. The van der Waals surface area contributed by atoms with Gasteiger partial charge in [0.2, 0.25) is 5.91 Å². The Bertz CT molecular complexity index is 923. The summed E-state index contributed by atoms with van der Waals surface area (Å²) in [5.74, 6) is 1.77. The molecule has 0 aliphatic rings. The van der Waals surface area contributed by atoms with Crippen LogP contribution in [0.1, 0.15) is 17.6 Å². The van der Waals surface area contributed by atoms with Crippen molar-refractivity contribution in [2.45, 2.75) is 32.1 Å². The molecule has 0 atom stereocenters. The Hall–Kier alpha value is -2.59. The van der Waals surface area contributed by atoms with Crippen molar-refractivity contribution in [3.63, 3.8) is 0 Å². The van der Waals surface area contributed by atoms with E-state index in [4.69, 9.17) is 4.74 Å². The first-order valence-electron chi connectivity index (χ1n) is 8.74. The third-order valence-corrected chi connectivity index (χ3v) is 5.65.